The molecule has 4 rings (SSSR count). The number of hydrogen-bond donors (Lipinski definition) is 3. The maximum Gasteiger partial charge on any atom is 0.138 e. The average Bonchev–Trinajstić information content (AvgIpc) is 3.15. The molecule has 0 amide bonds. The smallest absolute Gasteiger partial charge is 0.138 e. The van der Waals surface area contributed by atoms with Crippen LogP contribution in [-0.4, -0.2) is 46.5 Å². The Bertz CT molecular complexity index is 963. The molecule has 4 heterocycles. The Kier molecular flexibility index (Phi) is 5.40. The number of rotatable bonds is 6. The lowest BCUT2D eigenvalue weighted by Crippen LogP contribution is -2.33. The second kappa shape index (κ2) is 8.28. The molecule has 1 aliphatic heterocycles. The van der Waals surface area contributed by atoms with E-state index in [1.54, 1.807) is 12.4 Å². The Morgan fingerprint density at radius 2 is 2.07 bits per heavy atom. The Morgan fingerprint density at radius 1 is 1.21 bits per heavy atom. The van der Waals surface area contributed by atoms with Crippen molar-refractivity contribution in [1.29, 1.82) is 5.26 Å². The van der Waals surface area contributed by atoms with Crippen LogP contribution in [-0.2, 0) is 6.54 Å². The zero-order valence-corrected chi connectivity index (χ0v) is 16.1. The SMILES string of the molecule is CN1CCC(CNc2ccc(CNc3cnc4[nH]cc(C#N)c4c3)cn2)CC1. The summed E-state index contributed by atoms with van der Waals surface area (Å²) in [7, 11) is 2.19. The van der Waals surface area contributed by atoms with E-state index < -0.39 is 0 Å². The number of nitriles is 1. The second-order valence-corrected chi connectivity index (χ2v) is 7.47. The van der Waals surface area contributed by atoms with Crippen molar-refractivity contribution >= 4 is 22.5 Å². The molecule has 1 aliphatic rings. The summed E-state index contributed by atoms with van der Waals surface area (Å²) in [6.45, 7) is 4.01. The summed E-state index contributed by atoms with van der Waals surface area (Å²) in [5, 5.41) is 16.8. The summed E-state index contributed by atoms with van der Waals surface area (Å²) in [5.41, 5.74) is 3.31. The van der Waals surface area contributed by atoms with Gasteiger partial charge in [0.2, 0.25) is 0 Å². The molecule has 7 heteroatoms. The molecule has 0 saturated carbocycles. The molecule has 0 radical (unpaired) electrons. The van der Waals surface area contributed by atoms with Crippen molar-refractivity contribution in [3.05, 3.63) is 47.9 Å². The number of piperidine rings is 1. The monoisotopic (exact) mass is 375 g/mol. The molecule has 1 fully saturated rings. The molecule has 3 aromatic heterocycles. The molecule has 28 heavy (non-hydrogen) atoms. The van der Waals surface area contributed by atoms with Gasteiger partial charge >= 0.3 is 0 Å². The van der Waals surface area contributed by atoms with Crippen molar-refractivity contribution in [2.45, 2.75) is 19.4 Å². The number of pyridine rings is 2. The van der Waals surface area contributed by atoms with Crippen LogP contribution in [0, 0.1) is 17.2 Å². The third-order valence-electron chi connectivity index (χ3n) is 5.38. The van der Waals surface area contributed by atoms with Crippen LogP contribution < -0.4 is 10.6 Å². The highest BCUT2D eigenvalue weighted by Crippen LogP contribution is 2.20. The van der Waals surface area contributed by atoms with Gasteiger partial charge in [0.25, 0.3) is 0 Å². The zero-order chi connectivity index (χ0) is 19.3. The number of aromatic nitrogens is 3. The number of likely N-dealkylation sites (tertiary alicyclic amines) is 1. The van der Waals surface area contributed by atoms with Crippen LogP contribution in [0.1, 0.15) is 24.0 Å². The average molecular weight is 375 g/mol. The molecule has 0 spiro atoms. The Balaban J connectivity index is 1.30. The van der Waals surface area contributed by atoms with E-state index in [9.17, 15) is 0 Å². The van der Waals surface area contributed by atoms with Crippen molar-refractivity contribution in [1.82, 2.24) is 19.9 Å². The summed E-state index contributed by atoms with van der Waals surface area (Å²) < 4.78 is 0. The molecule has 0 atom stereocenters. The maximum atomic E-state index is 9.15. The molecule has 144 valence electrons. The topological polar surface area (TPSA) is 92.7 Å². The minimum absolute atomic E-state index is 0.604. The van der Waals surface area contributed by atoms with Crippen molar-refractivity contribution < 1.29 is 0 Å². The van der Waals surface area contributed by atoms with Gasteiger partial charge in [-0.2, -0.15) is 5.26 Å². The predicted octanol–water partition coefficient (Wildman–Crippen LogP) is 3.20. The fraction of sp³-hybridized carbons (Fsp3) is 0.381. The molecule has 3 aromatic rings. The first-order valence-corrected chi connectivity index (χ1v) is 9.70. The van der Waals surface area contributed by atoms with Gasteiger partial charge in [0.05, 0.1) is 17.4 Å². The number of fused-ring (bicyclic) bond motifs is 1. The van der Waals surface area contributed by atoms with Crippen LogP contribution in [0.25, 0.3) is 11.0 Å². The second-order valence-electron chi connectivity index (χ2n) is 7.47. The Hall–Kier alpha value is -3.11. The van der Waals surface area contributed by atoms with Crippen LogP contribution in [0.4, 0.5) is 11.5 Å². The number of anilines is 2. The van der Waals surface area contributed by atoms with Crippen LogP contribution in [0.15, 0.2) is 36.8 Å². The van der Waals surface area contributed by atoms with Crippen molar-refractivity contribution in [2.24, 2.45) is 5.92 Å². The minimum atomic E-state index is 0.604. The van der Waals surface area contributed by atoms with Crippen LogP contribution in [0.3, 0.4) is 0 Å². The van der Waals surface area contributed by atoms with Gasteiger partial charge in [-0.3, -0.25) is 0 Å². The number of aromatic amines is 1. The van der Waals surface area contributed by atoms with Gasteiger partial charge in [0, 0.05) is 30.9 Å². The van der Waals surface area contributed by atoms with Crippen molar-refractivity contribution in [3.63, 3.8) is 0 Å². The normalized spacial score (nSPS) is 15.4. The van der Waals surface area contributed by atoms with Gasteiger partial charge in [-0.15, -0.1) is 0 Å². The fourth-order valence-electron chi connectivity index (χ4n) is 3.55. The summed E-state index contributed by atoms with van der Waals surface area (Å²) in [4.78, 5) is 14.3. The van der Waals surface area contributed by atoms with E-state index in [0.717, 1.165) is 40.6 Å². The highest BCUT2D eigenvalue weighted by Gasteiger charge is 2.16. The molecule has 0 unspecified atom stereocenters. The van der Waals surface area contributed by atoms with Crippen LogP contribution in [0.2, 0.25) is 0 Å². The molecule has 0 bridgehead atoms. The number of hydrogen-bond acceptors (Lipinski definition) is 6. The summed E-state index contributed by atoms with van der Waals surface area (Å²) >= 11 is 0. The molecule has 1 saturated heterocycles. The van der Waals surface area contributed by atoms with E-state index >= 15 is 0 Å². The summed E-state index contributed by atoms with van der Waals surface area (Å²) in [5.74, 6) is 1.66. The molecule has 0 aromatic carbocycles. The number of nitrogens with zero attached hydrogens (tertiary/aromatic N) is 4. The van der Waals surface area contributed by atoms with E-state index in [1.165, 1.54) is 25.9 Å². The standard InChI is InChI=1S/C21H25N7/c1-28-6-4-15(5-7-28)10-24-20-3-2-16(12-25-20)11-23-18-8-19-17(9-22)13-26-21(19)27-14-18/h2-3,8,12-15,23H,4-7,10-11H2,1H3,(H,24,25)(H,26,27). The molecular weight excluding hydrogens is 350 g/mol. The van der Waals surface area contributed by atoms with E-state index in [1.807, 2.05) is 18.3 Å². The highest BCUT2D eigenvalue weighted by atomic mass is 15.1. The van der Waals surface area contributed by atoms with Gasteiger partial charge in [0.1, 0.15) is 17.5 Å². The fourth-order valence-corrected chi connectivity index (χ4v) is 3.55. The van der Waals surface area contributed by atoms with Crippen LogP contribution >= 0.6 is 0 Å². The predicted molar refractivity (Wildman–Crippen MR) is 111 cm³/mol. The largest absolute Gasteiger partial charge is 0.380 e. The maximum absolute atomic E-state index is 9.15. The van der Waals surface area contributed by atoms with E-state index in [-0.39, 0.29) is 0 Å². The first-order valence-electron chi connectivity index (χ1n) is 9.70. The van der Waals surface area contributed by atoms with Gasteiger partial charge in [-0.25, -0.2) is 9.97 Å². The van der Waals surface area contributed by atoms with Gasteiger partial charge in [-0.05, 0) is 56.6 Å². The van der Waals surface area contributed by atoms with Crippen LogP contribution in [0.5, 0.6) is 0 Å². The van der Waals surface area contributed by atoms with E-state index in [2.05, 4.69) is 49.7 Å². The molecule has 7 nitrogen and oxygen atoms in total. The zero-order valence-electron chi connectivity index (χ0n) is 16.1. The number of nitrogens with one attached hydrogen (secondary N) is 3. The molecular formula is C21H25N7. The third kappa shape index (κ3) is 4.24. The molecule has 0 aliphatic carbocycles. The third-order valence-corrected chi connectivity index (χ3v) is 5.38. The molecule has 3 N–H and O–H groups in total. The lowest BCUT2D eigenvalue weighted by molar-refractivity contribution is 0.226. The van der Waals surface area contributed by atoms with Gasteiger partial charge in [-0.1, -0.05) is 6.07 Å². The van der Waals surface area contributed by atoms with Gasteiger partial charge in [0.15, 0.2) is 0 Å². The summed E-state index contributed by atoms with van der Waals surface area (Å²) in [6, 6.07) is 8.24. The van der Waals surface area contributed by atoms with Gasteiger partial charge < -0.3 is 20.5 Å². The summed E-state index contributed by atoms with van der Waals surface area (Å²) in [6.07, 6.45) is 7.84. The number of H-pyrrole nitrogens is 1. The quantitative estimate of drug-likeness (QED) is 0.613. The van der Waals surface area contributed by atoms with Crippen molar-refractivity contribution in [2.75, 3.05) is 37.3 Å². The van der Waals surface area contributed by atoms with E-state index in [4.69, 9.17) is 5.26 Å². The highest BCUT2D eigenvalue weighted by molar-refractivity contribution is 5.85. The first-order chi connectivity index (χ1) is 13.7. The van der Waals surface area contributed by atoms with E-state index in [0.29, 0.717) is 12.1 Å². The lowest BCUT2D eigenvalue weighted by Gasteiger charge is -2.29. The lowest BCUT2D eigenvalue weighted by atomic mass is 9.97. The van der Waals surface area contributed by atoms with Crippen molar-refractivity contribution in [3.8, 4) is 6.07 Å². The minimum Gasteiger partial charge on any atom is -0.380 e. The Labute approximate surface area is 164 Å². The Morgan fingerprint density at radius 3 is 2.82 bits per heavy atom. The first kappa shape index (κ1) is 18.3.